The summed E-state index contributed by atoms with van der Waals surface area (Å²) in [5, 5.41) is 7.00. The van der Waals surface area contributed by atoms with Gasteiger partial charge in [-0.1, -0.05) is 20.8 Å². The Morgan fingerprint density at radius 2 is 1.62 bits per heavy atom. The van der Waals surface area contributed by atoms with E-state index < -0.39 is 0 Å². The number of amides is 2. The van der Waals surface area contributed by atoms with Crippen molar-refractivity contribution in [1.29, 1.82) is 0 Å². The predicted octanol–water partition coefficient (Wildman–Crippen LogP) is 2.76. The molecule has 0 unspecified atom stereocenters. The Morgan fingerprint density at radius 3 is 2.12 bits per heavy atom. The lowest BCUT2D eigenvalue weighted by molar-refractivity contribution is -0.152. The molecule has 1 saturated heterocycles. The molecule has 0 spiro atoms. The summed E-state index contributed by atoms with van der Waals surface area (Å²) in [6.07, 6.45) is 4.74. The molecular formula is C20H35NO5. The van der Waals surface area contributed by atoms with Crippen LogP contribution in [0, 0.1) is 17.8 Å². The Kier molecular flexibility index (Phi) is 12.0. The third kappa shape index (κ3) is 7.77. The number of imide groups is 1. The van der Waals surface area contributed by atoms with Crippen molar-refractivity contribution in [1.82, 2.24) is 4.90 Å². The van der Waals surface area contributed by atoms with Crippen molar-refractivity contribution >= 4 is 23.4 Å². The number of carbonyl (C=O) groups excluding carboxylic acids is 4. The maximum atomic E-state index is 12.0. The molecule has 1 aliphatic carbocycles. The molecule has 1 saturated carbocycles. The van der Waals surface area contributed by atoms with E-state index in [-0.39, 0.29) is 36.0 Å². The van der Waals surface area contributed by atoms with E-state index in [2.05, 4.69) is 6.92 Å². The molecule has 0 radical (unpaired) electrons. The Balaban J connectivity index is 0.00000146. The third-order valence-corrected chi connectivity index (χ3v) is 4.86. The minimum atomic E-state index is -0.250. The van der Waals surface area contributed by atoms with Crippen LogP contribution in [0.2, 0.25) is 0 Å². The van der Waals surface area contributed by atoms with Crippen molar-refractivity contribution in [3.05, 3.63) is 0 Å². The number of nitrogens with zero attached hydrogens (tertiary/aromatic N) is 1. The number of Topliss-reactive ketones (excluding diaryl/α,β-unsaturated/α-hetero) is 2. The zero-order valence-corrected chi connectivity index (χ0v) is 16.9. The normalized spacial score (nSPS) is 23.6. The Bertz CT molecular complexity index is 471. The second-order valence-electron chi connectivity index (χ2n) is 6.97. The molecule has 1 aliphatic heterocycles. The molecule has 2 rings (SSSR count). The first-order valence-corrected chi connectivity index (χ1v) is 9.67. The van der Waals surface area contributed by atoms with Crippen molar-refractivity contribution in [2.24, 2.45) is 17.8 Å². The lowest BCUT2D eigenvalue weighted by Gasteiger charge is -2.31. The molecule has 0 aromatic heterocycles. The van der Waals surface area contributed by atoms with Crippen LogP contribution in [-0.4, -0.2) is 47.0 Å². The molecule has 1 heterocycles. The largest absolute Gasteiger partial charge is 0.400 e. The number of aliphatic hydroxyl groups is 1. The summed E-state index contributed by atoms with van der Waals surface area (Å²) < 4.78 is 0. The van der Waals surface area contributed by atoms with E-state index in [0.29, 0.717) is 31.0 Å². The highest BCUT2D eigenvalue weighted by Gasteiger charge is 2.34. The smallest absolute Gasteiger partial charge is 0.229 e. The first kappa shape index (κ1) is 24.4. The van der Waals surface area contributed by atoms with Gasteiger partial charge in [0.2, 0.25) is 11.8 Å². The number of ketones is 2. The van der Waals surface area contributed by atoms with E-state index in [1.54, 1.807) is 0 Å². The van der Waals surface area contributed by atoms with Crippen LogP contribution < -0.4 is 0 Å². The summed E-state index contributed by atoms with van der Waals surface area (Å²) in [5.41, 5.74) is 0. The fraction of sp³-hybridized carbons (Fsp3) is 0.800. The van der Waals surface area contributed by atoms with E-state index in [9.17, 15) is 19.2 Å². The Morgan fingerprint density at radius 1 is 1.08 bits per heavy atom. The number of rotatable bonds is 5. The van der Waals surface area contributed by atoms with Crippen LogP contribution in [-0.2, 0) is 19.2 Å². The van der Waals surface area contributed by atoms with Crippen LogP contribution in [0.25, 0.3) is 0 Å². The molecule has 0 bridgehead atoms. The Hall–Kier alpha value is -1.56. The standard InChI is InChI=1S/C17H25NO4.C2H6.CH4O/c1-11-3-6-15(20)14(7-11)5-4-13-8-16(21)18(10-12(2)19)17(22)9-13;2*1-2/h11,13-14H,3-10H2,1-2H3;1-2H3;2H,1H3/t11-,14+;;/m1../s1. The highest BCUT2D eigenvalue weighted by atomic mass is 16.2. The van der Waals surface area contributed by atoms with Gasteiger partial charge in [0.25, 0.3) is 0 Å². The molecule has 0 aromatic carbocycles. The van der Waals surface area contributed by atoms with Crippen LogP contribution in [0.3, 0.4) is 0 Å². The van der Waals surface area contributed by atoms with Gasteiger partial charge in [-0.15, -0.1) is 0 Å². The first-order valence-electron chi connectivity index (χ1n) is 9.67. The number of aliphatic hydroxyl groups excluding tert-OH is 1. The highest BCUT2D eigenvalue weighted by molar-refractivity contribution is 6.01. The maximum absolute atomic E-state index is 12.0. The van der Waals surface area contributed by atoms with Gasteiger partial charge in [0.05, 0.1) is 6.54 Å². The van der Waals surface area contributed by atoms with Gasteiger partial charge in [0, 0.05) is 32.3 Å². The van der Waals surface area contributed by atoms with E-state index >= 15 is 0 Å². The molecule has 2 aliphatic rings. The van der Waals surface area contributed by atoms with Gasteiger partial charge in [-0.05, 0) is 44.4 Å². The van der Waals surface area contributed by atoms with E-state index in [4.69, 9.17) is 5.11 Å². The molecule has 6 nitrogen and oxygen atoms in total. The van der Waals surface area contributed by atoms with Crippen LogP contribution in [0.15, 0.2) is 0 Å². The fourth-order valence-corrected chi connectivity index (χ4v) is 3.57. The van der Waals surface area contributed by atoms with Crippen molar-refractivity contribution in [2.45, 2.75) is 72.6 Å². The minimum absolute atomic E-state index is 0.0215. The molecule has 2 fully saturated rings. The number of hydrogen-bond donors (Lipinski definition) is 1. The number of likely N-dealkylation sites (tertiary alicyclic amines) is 1. The zero-order chi connectivity index (χ0) is 20.3. The van der Waals surface area contributed by atoms with Crippen molar-refractivity contribution < 1.29 is 24.3 Å². The second-order valence-corrected chi connectivity index (χ2v) is 6.97. The average molecular weight is 370 g/mol. The average Bonchev–Trinajstić information content (AvgIpc) is 2.62. The Labute approximate surface area is 157 Å². The lowest BCUT2D eigenvalue weighted by atomic mass is 9.77. The molecule has 0 aromatic rings. The van der Waals surface area contributed by atoms with E-state index in [0.717, 1.165) is 37.7 Å². The summed E-state index contributed by atoms with van der Waals surface area (Å²) in [4.78, 5) is 48.1. The molecule has 150 valence electrons. The highest BCUT2D eigenvalue weighted by Crippen LogP contribution is 2.32. The summed E-state index contributed by atoms with van der Waals surface area (Å²) in [6.45, 7) is 7.44. The number of piperidine rings is 1. The third-order valence-electron chi connectivity index (χ3n) is 4.86. The van der Waals surface area contributed by atoms with Gasteiger partial charge in [-0.3, -0.25) is 24.1 Å². The molecule has 1 N–H and O–H groups in total. The lowest BCUT2D eigenvalue weighted by Crippen LogP contribution is -2.45. The SMILES string of the molecule is CC.CC(=O)CN1C(=O)CC(CC[C@H]2C[C@H](C)CCC2=O)CC1=O.CO. The minimum Gasteiger partial charge on any atom is -0.400 e. The van der Waals surface area contributed by atoms with Crippen molar-refractivity contribution in [2.75, 3.05) is 13.7 Å². The van der Waals surface area contributed by atoms with Gasteiger partial charge >= 0.3 is 0 Å². The van der Waals surface area contributed by atoms with Crippen molar-refractivity contribution in [3.8, 4) is 0 Å². The van der Waals surface area contributed by atoms with Gasteiger partial charge in [0.1, 0.15) is 11.6 Å². The van der Waals surface area contributed by atoms with Gasteiger partial charge in [-0.25, -0.2) is 0 Å². The summed E-state index contributed by atoms with van der Waals surface area (Å²) >= 11 is 0. The summed E-state index contributed by atoms with van der Waals surface area (Å²) in [6, 6.07) is 0. The summed E-state index contributed by atoms with van der Waals surface area (Å²) in [5.74, 6) is 0.368. The molecular weight excluding hydrogens is 334 g/mol. The molecule has 26 heavy (non-hydrogen) atoms. The van der Waals surface area contributed by atoms with Crippen LogP contribution in [0.4, 0.5) is 0 Å². The van der Waals surface area contributed by atoms with Crippen LogP contribution >= 0.6 is 0 Å². The quantitative estimate of drug-likeness (QED) is 0.752. The molecule has 6 heteroatoms. The van der Waals surface area contributed by atoms with Gasteiger partial charge < -0.3 is 5.11 Å². The second kappa shape index (κ2) is 12.7. The monoisotopic (exact) mass is 369 g/mol. The molecule has 2 amide bonds. The molecule has 2 atom stereocenters. The van der Waals surface area contributed by atoms with Crippen LogP contribution in [0.1, 0.15) is 72.6 Å². The van der Waals surface area contributed by atoms with Gasteiger partial charge in [-0.2, -0.15) is 0 Å². The first-order chi connectivity index (χ1) is 12.4. The number of carbonyl (C=O) groups is 4. The van der Waals surface area contributed by atoms with E-state index in [1.807, 2.05) is 13.8 Å². The topological polar surface area (TPSA) is 91.8 Å². The fourth-order valence-electron chi connectivity index (χ4n) is 3.57. The zero-order valence-electron chi connectivity index (χ0n) is 16.9. The maximum Gasteiger partial charge on any atom is 0.229 e. The summed E-state index contributed by atoms with van der Waals surface area (Å²) in [7, 11) is 1.00. The van der Waals surface area contributed by atoms with E-state index in [1.165, 1.54) is 6.92 Å². The van der Waals surface area contributed by atoms with Gasteiger partial charge in [0.15, 0.2) is 0 Å². The van der Waals surface area contributed by atoms with Crippen LogP contribution in [0.5, 0.6) is 0 Å². The van der Waals surface area contributed by atoms with Crippen molar-refractivity contribution in [3.63, 3.8) is 0 Å². The predicted molar refractivity (Wildman–Crippen MR) is 100 cm³/mol. The number of hydrogen-bond acceptors (Lipinski definition) is 5.